The smallest absolute Gasteiger partial charge is 0.289 e. The second kappa shape index (κ2) is 12.4. The Hall–Kier alpha value is -5.03. The van der Waals surface area contributed by atoms with E-state index in [1.807, 2.05) is 11.9 Å². The number of carbonyl (C=O) groups is 1. The Bertz CT molecular complexity index is 2000. The monoisotopic (exact) mass is 652 g/mol. The van der Waals surface area contributed by atoms with Crippen LogP contribution in [0.25, 0.3) is 11.0 Å². The number of ether oxygens (including phenoxy) is 1. The van der Waals surface area contributed by atoms with E-state index in [1.165, 1.54) is 30.5 Å². The molecule has 0 radical (unpaired) electrons. The van der Waals surface area contributed by atoms with Gasteiger partial charge in [-0.25, -0.2) is 27.5 Å². The minimum Gasteiger partial charge on any atom is -0.478 e. The summed E-state index contributed by atoms with van der Waals surface area (Å²) in [4.78, 5) is 52.8. The molecule has 1 fully saturated rings. The van der Waals surface area contributed by atoms with Gasteiger partial charge < -0.3 is 19.9 Å². The van der Waals surface area contributed by atoms with Crippen LogP contribution in [0.1, 0.15) is 31.4 Å². The fraction of sp³-hybridized carbons (Fsp3) is 0.345. The minimum absolute atomic E-state index is 0.0286. The molecular weight excluding hydrogens is 623 g/mol. The first-order valence-corrected chi connectivity index (χ1v) is 15.9. The lowest BCUT2D eigenvalue weighted by Crippen LogP contribution is -2.46. The van der Waals surface area contributed by atoms with Crippen LogP contribution >= 0.6 is 0 Å². The molecule has 0 bridgehead atoms. The van der Waals surface area contributed by atoms with Crippen molar-refractivity contribution in [2.45, 2.75) is 49.1 Å². The number of aromatic amines is 1. The van der Waals surface area contributed by atoms with E-state index in [9.17, 15) is 32.5 Å². The lowest BCUT2D eigenvalue weighted by Gasteiger charge is -2.38. The molecule has 2 aromatic heterocycles. The number of sulfonamides is 1. The van der Waals surface area contributed by atoms with Crippen molar-refractivity contribution < 1.29 is 27.3 Å². The number of halogens is 1. The molecule has 46 heavy (non-hydrogen) atoms. The summed E-state index contributed by atoms with van der Waals surface area (Å²) in [5.41, 5.74) is -0.602. The van der Waals surface area contributed by atoms with Crippen molar-refractivity contribution in [1.29, 1.82) is 0 Å². The van der Waals surface area contributed by atoms with Crippen LogP contribution in [-0.2, 0) is 21.2 Å². The number of hydrogen-bond acceptors (Lipinski definition) is 11. The van der Waals surface area contributed by atoms with E-state index >= 15 is 0 Å². The average Bonchev–Trinajstić information content (AvgIpc) is 3.04. The predicted octanol–water partition coefficient (Wildman–Crippen LogP) is 2.68. The lowest BCUT2D eigenvalue weighted by atomic mass is 9.80. The van der Waals surface area contributed by atoms with Crippen molar-refractivity contribution in [2.75, 3.05) is 23.9 Å². The number of hydrogen-bond donors (Lipinski definition) is 3. The van der Waals surface area contributed by atoms with Crippen LogP contribution in [0.3, 0.4) is 0 Å². The van der Waals surface area contributed by atoms with Gasteiger partial charge in [-0.15, -0.1) is 0 Å². The highest BCUT2D eigenvalue weighted by molar-refractivity contribution is 7.89. The third-order valence-electron chi connectivity index (χ3n) is 8.33. The van der Waals surface area contributed by atoms with Crippen molar-refractivity contribution in [2.24, 2.45) is 5.92 Å². The molecule has 1 saturated carbocycles. The van der Waals surface area contributed by atoms with Crippen LogP contribution < -0.4 is 25.2 Å². The maximum absolute atomic E-state index is 13.7. The van der Waals surface area contributed by atoms with Crippen LogP contribution in [0, 0.1) is 21.8 Å². The normalized spacial score (nSPS) is 18.7. The molecule has 15 nitrogen and oxygen atoms in total. The molecule has 1 aliphatic heterocycles. The molecule has 1 atom stereocenters. The molecule has 1 aliphatic carbocycles. The average molecular weight is 653 g/mol. The van der Waals surface area contributed by atoms with Crippen molar-refractivity contribution in [1.82, 2.24) is 24.7 Å². The van der Waals surface area contributed by atoms with Gasteiger partial charge in [-0.1, -0.05) is 12.1 Å². The first-order chi connectivity index (χ1) is 22.0. The van der Waals surface area contributed by atoms with Gasteiger partial charge >= 0.3 is 0 Å². The van der Waals surface area contributed by atoms with Gasteiger partial charge in [0.05, 0.1) is 22.2 Å². The molecule has 1 amide bonds. The molecule has 2 aromatic carbocycles. The predicted molar refractivity (Wildman–Crippen MR) is 164 cm³/mol. The number of nitrogens with zero attached hydrogens (tertiary/aromatic N) is 5. The van der Waals surface area contributed by atoms with Gasteiger partial charge in [0.15, 0.2) is 23.1 Å². The third kappa shape index (κ3) is 6.36. The fourth-order valence-electron chi connectivity index (χ4n) is 5.94. The molecule has 4 aromatic rings. The SMILES string of the molecule is CN(c1ncc2c(n1)NC(=O)CO2)[C@H]1CC[C@H](C(Cc2nc3ccc(F)cc3[nH]c2=O)NS(=O)(=O)c2ccccc2[N+](=O)[O-])CC1. The van der Waals surface area contributed by atoms with Crippen molar-refractivity contribution >= 4 is 44.4 Å². The zero-order valence-electron chi connectivity index (χ0n) is 24.5. The Kier molecular flexibility index (Phi) is 8.35. The van der Waals surface area contributed by atoms with Crippen molar-refractivity contribution in [3.63, 3.8) is 0 Å². The van der Waals surface area contributed by atoms with Crippen molar-refractivity contribution in [3.05, 3.63) is 80.6 Å². The first kappa shape index (κ1) is 31.0. The summed E-state index contributed by atoms with van der Waals surface area (Å²) in [5.74, 6) is -0.108. The second-order valence-corrected chi connectivity index (χ2v) is 12.9. The Balaban J connectivity index is 1.26. The van der Waals surface area contributed by atoms with Crippen LogP contribution in [0.15, 0.2) is 58.4 Å². The Labute approximate surface area is 261 Å². The highest BCUT2D eigenvalue weighted by Crippen LogP contribution is 2.34. The van der Waals surface area contributed by atoms with E-state index in [4.69, 9.17) is 4.74 Å². The highest BCUT2D eigenvalue weighted by Gasteiger charge is 2.35. The fourth-order valence-corrected chi connectivity index (χ4v) is 7.42. The summed E-state index contributed by atoms with van der Waals surface area (Å²) in [6.07, 6.45) is 3.65. The molecule has 240 valence electrons. The number of aromatic nitrogens is 4. The Morgan fingerprint density at radius 1 is 1.15 bits per heavy atom. The van der Waals surface area contributed by atoms with Gasteiger partial charge in [-0.2, -0.15) is 4.98 Å². The van der Waals surface area contributed by atoms with Gasteiger partial charge in [0, 0.05) is 31.6 Å². The van der Waals surface area contributed by atoms with Gasteiger partial charge in [-0.3, -0.25) is 19.7 Å². The van der Waals surface area contributed by atoms with E-state index in [-0.39, 0.29) is 47.9 Å². The highest BCUT2D eigenvalue weighted by atomic mass is 32.2. The summed E-state index contributed by atoms with van der Waals surface area (Å²) in [5, 5.41) is 14.3. The number of nitro groups is 1. The third-order valence-corrected chi connectivity index (χ3v) is 9.87. The molecule has 0 saturated heterocycles. The molecule has 3 heterocycles. The Morgan fingerprint density at radius 3 is 2.67 bits per heavy atom. The van der Waals surface area contributed by atoms with Crippen LogP contribution in [0.4, 0.5) is 21.8 Å². The zero-order chi connectivity index (χ0) is 32.6. The summed E-state index contributed by atoms with van der Waals surface area (Å²) < 4.78 is 48.9. The molecule has 6 rings (SSSR count). The van der Waals surface area contributed by atoms with Gasteiger partial charge in [0.25, 0.3) is 17.2 Å². The van der Waals surface area contributed by atoms with E-state index < -0.39 is 42.9 Å². The van der Waals surface area contributed by atoms with Crippen LogP contribution in [0.2, 0.25) is 0 Å². The van der Waals surface area contributed by atoms with Crippen LogP contribution in [0.5, 0.6) is 5.75 Å². The number of amides is 1. The largest absolute Gasteiger partial charge is 0.478 e. The molecule has 0 spiro atoms. The number of anilines is 2. The lowest BCUT2D eigenvalue weighted by molar-refractivity contribution is -0.387. The number of rotatable bonds is 9. The molecule has 1 unspecified atom stereocenters. The van der Waals surface area contributed by atoms with E-state index in [0.717, 1.165) is 18.2 Å². The van der Waals surface area contributed by atoms with Gasteiger partial charge in [0.2, 0.25) is 16.0 Å². The number of carbonyl (C=O) groups excluding carboxylic acids is 1. The number of benzene rings is 2. The Morgan fingerprint density at radius 2 is 1.91 bits per heavy atom. The van der Waals surface area contributed by atoms with E-state index in [2.05, 4.69) is 30.0 Å². The molecular formula is C29H29FN8O7S. The number of nitro benzene ring substituents is 1. The topological polar surface area (TPSA) is 202 Å². The molecule has 17 heteroatoms. The standard InChI is InChI=1S/C29H29FN8O7S/c1-37(29-31-14-24-27(35-29)34-26(39)15-45-24)18-9-6-16(7-10-18)20(36-46(43,44)25-5-3-2-4-23(25)38(41)42)13-22-28(40)33-21-12-17(30)8-11-19(21)32-22/h2-5,8,11-12,14,16,18,20,36H,6-7,9-10,13,15H2,1H3,(H,33,40)(H,31,34,35,39)/t16-,18-,20?. The summed E-state index contributed by atoms with van der Waals surface area (Å²) in [6.45, 7) is -0.114. The van der Waals surface area contributed by atoms with E-state index in [1.54, 1.807) is 0 Å². The number of H-pyrrole nitrogens is 1. The maximum Gasteiger partial charge on any atom is 0.289 e. The zero-order valence-corrected chi connectivity index (χ0v) is 25.3. The first-order valence-electron chi connectivity index (χ1n) is 14.5. The maximum atomic E-state index is 13.7. The number of para-hydroxylation sites is 1. The molecule has 2 aliphatic rings. The summed E-state index contributed by atoms with van der Waals surface area (Å²) in [7, 11) is -2.58. The number of fused-ring (bicyclic) bond motifs is 2. The van der Waals surface area contributed by atoms with E-state index in [0.29, 0.717) is 42.9 Å². The quantitative estimate of drug-likeness (QED) is 0.177. The summed E-state index contributed by atoms with van der Waals surface area (Å²) in [6, 6.07) is 7.93. The van der Waals surface area contributed by atoms with Crippen molar-refractivity contribution in [3.8, 4) is 5.75 Å². The minimum atomic E-state index is -4.41. The van der Waals surface area contributed by atoms with Gasteiger partial charge in [0.1, 0.15) is 11.5 Å². The van der Waals surface area contributed by atoms with Crippen LogP contribution in [-0.4, -0.2) is 64.9 Å². The van der Waals surface area contributed by atoms with Gasteiger partial charge in [-0.05, 0) is 55.9 Å². The molecule has 3 N–H and O–H groups in total. The second-order valence-electron chi connectivity index (χ2n) is 11.2. The summed E-state index contributed by atoms with van der Waals surface area (Å²) >= 11 is 0. The number of nitrogens with one attached hydrogen (secondary N) is 3.